The average molecular weight is 415 g/mol. The van der Waals surface area contributed by atoms with Gasteiger partial charge in [0.25, 0.3) is 8.32 Å². The zero-order valence-corrected chi connectivity index (χ0v) is 20.6. The maximum absolute atomic E-state index is 12.7. The summed E-state index contributed by atoms with van der Waals surface area (Å²) in [6.07, 6.45) is -0.647. The number of ether oxygens (including phenoxy) is 1. The average Bonchev–Trinajstić information content (AvgIpc) is 2.65. The smallest absolute Gasteiger partial charge is 0.339 e. The number of carbonyl (C=O) groups excluding carboxylic acids is 1. The molecule has 0 N–H and O–H groups in total. The molecular formula is C25H38O3Si. The quantitative estimate of drug-likeness (QED) is 0.189. The SMILES string of the molecule is C=C(O[Si](C(C)C)(C(C)C)C(C)C)C(C)(C)C(C#CC)OC(=O)c1ccccc1. The molecule has 0 fully saturated rings. The van der Waals surface area contributed by atoms with Crippen molar-refractivity contribution in [2.24, 2.45) is 5.41 Å². The molecule has 0 radical (unpaired) electrons. The van der Waals surface area contributed by atoms with Crippen molar-refractivity contribution in [3.05, 3.63) is 48.2 Å². The van der Waals surface area contributed by atoms with E-state index >= 15 is 0 Å². The van der Waals surface area contributed by atoms with Crippen LogP contribution >= 0.6 is 0 Å². The lowest BCUT2D eigenvalue weighted by Crippen LogP contribution is -2.49. The maximum atomic E-state index is 12.7. The van der Waals surface area contributed by atoms with Crippen LogP contribution in [0, 0.1) is 17.3 Å². The largest absolute Gasteiger partial charge is 0.546 e. The highest BCUT2D eigenvalue weighted by Gasteiger charge is 2.49. The summed E-state index contributed by atoms with van der Waals surface area (Å²) >= 11 is 0. The Kier molecular flexibility index (Phi) is 8.77. The molecular weight excluding hydrogens is 376 g/mol. The van der Waals surface area contributed by atoms with E-state index in [4.69, 9.17) is 9.16 Å². The molecule has 0 aliphatic rings. The van der Waals surface area contributed by atoms with E-state index in [1.807, 2.05) is 32.0 Å². The summed E-state index contributed by atoms with van der Waals surface area (Å²) in [5.41, 5.74) is 1.14. The second kappa shape index (κ2) is 10.2. The van der Waals surface area contributed by atoms with Gasteiger partial charge in [0, 0.05) is 0 Å². The highest BCUT2D eigenvalue weighted by atomic mass is 28.4. The van der Waals surface area contributed by atoms with Crippen molar-refractivity contribution in [2.45, 2.75) is 85.0 Å². The van der Waals surface area contributed by atoms with Crippen molar-refractivity contribution < 1.29 is 14.0 Å². The molecule has 29 heavy (non-hydrogen) atoms. The molecule has 1 unspecified atom stereocenters. The molecule has 1 atom stereocenters. The van der Waals surface area contributed by atoms with E-state index in [0.717, 1.165) is 0 Å². The number of esters is 1. The fourth-order valence-electron chi connectivity index (χ4n) is 4.08. The second-order valence-electron chi connectivity index (χ2n) is 9.11. The Labute approximate surface area is 179 Å². The molecule has 1 aromatic carbocycles. The van der Waals surface area contributed by atoms with Crippen LogP contribution in [0.25, 0.3) is 0 Å². The van der Waals surface area contributed by atoms with Crippen LogP contribution in [0.15, 0.2) is 42.7 Å². The Morgan fingerprint density at radius 2 is 1.48 bits per heavy atom. The highest BCUT2D eigenvalue weighted by molar-refractivity contribution is 6.77. The van der Waals surface area contributed by atoms with Crippen molar-refractivity contribution in [2.75, 3.05) is 0 Å². The molecule has 0 bridgehead atoms. The molecule has 0 heterocycles. The third-order valence-corrected chi connectivity index (χ3v) is 11.9. The normalized spacial score (nSPS) is 13.1. The number of benzene rings is 1. The molecule has 3 nitrogen and oxygen atoms in total. The van der Waals surface area contributed by atoms with Crippen LogP contribution < -0.4 is 0 Å². The van der Waals surface area contributed by atoms with Gasteiger partial charge < -0.3 is 9.16 Å². The number of carbonyl (C=O) groups is 1. The van der Waals surface area contributed by atoms with E-state index in [1.54, 1.807) is 19.1 Å². The Bertz CT molecular complexity index is 729. The lowest BCUT2D eigenvalue weighted by Gasteiger charge is -2.46. The molecule has 0 aliphatic heterocycles. The van der Waals surface area contributed by atoms with Gasteiger partial charge in [-0.1, -0.05) is 72.2 Å². The molecule has 0 saturated heterocycles. The van der Waals surface area contributed by atoms with Crippen molar-refractivity contribution in [3.8, 4) is 11.8 Å². The van der Waals surface area contributed by atoms with E-state index in [1.165, 1.54) is 0 Å². The van der Waals surface area contributed by atoms with Gasteiger partial charge in [-0.25, -0.2) is 4.79 Å². The van der Waals surface area contributed by atoms with Gasteiger partial charge in [0.2, 0.25) is 0 Å². The first-order valence-corrected chi connectivity index (χ1v) is 12.6. The standard InChI is InChI=1S/C25H38O3Si/c1-11-15-23(27-24(26)22-16-13-12-14-17-22)25(9,10)21(8)28-29(18(2)3,19(4)5)20(6)7/h12-14,16-20,23H,8H2,1-7,9-10H3. The van der Waals surface area contributed by atoms with Crippen molar-refractivity contribution in [3.63, 3.8) is 0 Å². The molecule has 0 spiro atoms. The molecule has 160 valence electrons. The van der Waals surface area contributed by atoms with Crippen LogP contribution in [0.3, 0.4) is 0 Å². The van der Waals surface area contributed by atoms with Crippen LogP contribution in [0.2, 0.25) is 16.6 Å². The first-order valence-electron chi connectivity index (χ1n) is 10.5. The lowest BCUT2D eigenvalue weighted by molar-refractivity contribution is 0.0142. The summed E-state index contributed by atoms with van der Waals surface area (Å²) < 4.78 is 12.6. The van der Waals surface area contributed by atoms with Gasteiger partial charge in [0.05, 0.1) is 16.7 Å². The Morgan fingerprint density at radius 1 is 1.00 bits per heavy atom. The number of rotatable bonds is 9. The van der Waals surface area contributed by atoms with Crippen molar-refractivity contribution in [1.29, 1.82) is 0 Å². The number of hydrogen-bond acceptors (Lipinski definition) is 3. The minimum Gasteiger partial charge on any atom is -0.546 e. The first kappa shape index (κ1) is 25.0. The van der Waals surface area contributed by atoms with Gasteiger partial charge >= 0.3 is 5.97 Å². The maximum Gasteiger partial charge on any atom is 0.339 e. The molecule has 0 aliphatic carbocycles. The summed E-state index contributed by atoms with van der Waals surface area (Å²) in [6.45, 7) is 23.5. The Morgan fingerprint density at radius 3 is 1.90 bits per heavy atom. The van der Waals surface area contributed by atoms with Gasteiger partial charge in [0.1, 0.15) is 0 Å². The molecule has 4 heteroatoms. The van der Waals surface area contributed by atoms with Gasteiger partial charge in [-0.05, 0) is 49.5 Å². The monoisotopic (exact) mass is 414 g/mol. The van der Waals surface area contributed by atoms with Crippen LogP contribution in [0.4, 0.5) is 0 Å². The van der Waals surface area contributed by atoms with Crippen LogP contribution in [0.5, 0.6) is 0 Å². The fraction of sp³-hybridized carbons (Fsp3) is 0.560. The minimum atomic E-state index is -2.16. The summed E-state index contributed by atoms with van der Waals surface area (Å²) in [5, 5.41) is 0. The summed E-state index contributed by atoms with van der Waals surface area (Å²) in [6, 6.07) is 8.99. The van der Waals surface area contributed by atoms with E-state index < -0.39 is 19.8 Å². The molecule has 0 amide bonds. The third kappa shape index (κ3) is 5.54. The molecule has 1 aromatic rings. The predicted octanol–water partition coefficient (Wildman–Crippen LogP) is 6.97. The van der Waals surface area contributed by atoms with Gasteiger partial charge in [0.15, 0.2) is 6.10 Å². The van der Waals surface area contributed by atoms with Gasteiger partial charge in [-0.2, -0.15) is 0 Å². The Balaban J connectivity index is 3.20. The second-order valence-corrected chi connectivity index (χ2v) is 14.5. The topological polar surface area (TPSA) is 35.5 Å². The number of hydrogen-bond donors (Lipinski definition) is 0. The zero-order valence-electron chi connectivity index (χ0n) is 19.6. The van der Waals surface area contributed by atoms with Gasteiger partial charge in [-0.15, -0.1) is 5.92 Å². The fourth-order valence-corrected chi connectivity index (χ4v) is 9.48. The summed E-state index contributed by atoms with van der Waals surface area (Å²) in [5.74, 6) is 6.22. The predicted molar refractivity (Wildman–Crippen MR) is 124 cm³/mol. The molecule has 0 saturated carbocycles. The van der Waals surface area contributed by atoms with E-state index in [2.05, 4.69) is 60.0 Å². The highest BCUT2D eigenvalue weighted by Crippen LogP contribution is 2.46. The summed E-state index contributed by atoms with van der Waals surface area (Å²) in [4.78, 5) is 12.7. The van der Waals surface area contributed by atoms with E-state index in [0.29, 0.717) is 27.9 Å². The first-order chi connectivity index (χ1) is 13.4. The van der Waals surface area contributed by atoms with Crippen LogP contribution in [-0.4, -0.2) is 20.4 Å². The minimum absolute atomic E-state index is 0.390. The summed E-state index contributed by atoms with van der Waals surface area (Å²) in [7, 11) is -2.16. The Hall–Kier alpha value is -1.99. The van der Waals surface area contributed by atoms with Crippen molar-refractivity contribution in [1.82, 2.24) is 0 Å². The lowest BCUT2D eigenvalue weighted by atomic mass is 9.85. The third-order valence-electron chi connectivity index (χ3n) is 5.89. The van der Waals surface area contributed by atoms with Crippen molar-refractivity contribution >= 4 is 14.3 Å². The molecule has 0 aromatic heterocycles. The van der Waals surface area contributed by atoms with E-state index in [9.17, 15) is 4.79 Å². The van der Waals surface area contributed by atoms with E-state index in [-0.39, 0.29) is 5.97 Å². The molecule has 1 rings (SSSR count). The van der Waals surface area contributed by atoms with Crippen LogP contribution in [0.1, 0.15) is 72.7 Å². The zero-order chi connectivity index (χ0) is 22.4. The van der Waals surface area contributed by atoms with Gasteiger partial charge in [-0.3, -0.25) is 0 Å². The van der Waals surface area contributed by atoms with Crippen LogP contribution in [-0.2, 0) is 9.16 Å².